The zero-order valence-corrected chi connectivity index (χ0v) is 12.8. The molecule has 0 amide bonds. The first-order chi connectivity index (χ1) is 9.04. The van der Waals surface area contributed by atoms with Gasteiger partial charge in [0.05, 0.1) is 4.90 Å². The summed E-state index contributed by atoms with van der Waals surface area (Å²) in [4.78, 5) is 0.592. The maximum atomic E-state index is 12.3. The molecular weight excluding hydrogens is 346 g/mol. The van der Waals surface area contributed by atoms with E-state index in [4.69, 9.17) is 5.26 Å². The highest BCUT2D eigenvalue weighted by Gasteiger charge is 2.20. The van der Waals surface area contributed by atoms with Gasteiger partial charge in [0.25, 0.3) is 0 Å². The van der Waals surface area contributed by atoms with Crippen LogP contribution in [0.4, 0.5) is 0 Å². The molecule has 0 spiro atoms. The lowest BCUT2D eigenvalue weighted by atomic mass is 10.4. The lowest BCUT2D eigenvalue weighted by molar-refractivity contribution is 0.603. The summed E-state index contributed by atoms with van der Waals surface area (Å²) in [7, 11) is -3.76. The van der Waals surface area contributed by atoms with Crippen LogP contribution in [-0.2, 0) is 9.84 Å². The van der Waals surface area contributed by atoms with E-state index in [1.165, 1.54) is 29.5 Å². The van der Waals surface area contributed by atoms with Crippen LogP contribution in [-0.4, -0.2) is 8.42 Å². The van der Waals surface area contributed by atoms with Crippen LogP contribution in [0.2, 0.25) is 0 Å². The van der Waals surface area contributed by atoms with E-state index < -0.39 is 9.84 Å². The van der Waals surface area contributed by atoms with Crippen molar-refractivity contribution in [1.82, 2.24) is 0 Å². The molecule has 1 aromatic carbocycles. The third kappa shape index (κ3) is 3.13. The summed E-state index contributed by atoms with van der Waals surface area (Å²) < 4.78 is 25.4. The first-order valence-electron chi connectivity index (χ1n) is 5.20. The van der Waals surface area contributed by atoms with E-state index in [0.29, 0.717) is 0 Å². The van der Waals surface area contributed by atoms with Crippen molar-refractivity contribution in [2.75, 3.05) is 0 Å². The van der Waals surface area contributed by atoms with Gasteiger partial charge in [0.1, 0.15) is 6.07 Å². The molecule has 1 heterocycles. The Hall–Kier alpha value is -1.42. The van der Waals surface area contributed by atoms with Gasteiger partial charge in [-0.25, -0.2) is 8.42 Å². The average Bonchev–Trinajstić information content (AvgIpc) is 2.89. The van der Waals surface area contributed by atoms with Crippen LogP contribution in [0.15, 0.2) is 56.1 Å². The molecule has 0 unspecified atom stereocenters. The van der Waals surface area contributed by atoms with Gasteiger partial charge in [-0.05, 0) is 41.8 Å². The monoisotopic (exact) mass is 353 g/mol. The van der Waals surface area contributed by atoms with Crippen LogP contribution in [0.5, 0.6) is 0 Å². The summed E-state index contributed by atoms with van der Waals surface area (Å²) in [5, 5.41) is 10.9. The molecule has 2 aromatic rings. The minimum absolute atomic E-state index is 0.111. The molecule has 96 valence electrons. The Labute approximate surface area is 123 Å². The van der Waals surface area contributed by atoms with E-state index >= 15 is 0 Å². The van der Waals surface area contributed by atoms with Crippen molar-refractivity contribution < 1.29 is 8.42 Å². The van der Waals surface area contributed by atoms with Gasteiger partial charge in [0.15, 0.2) is 4.91 Å². The highest BCUT2D eigenvalue weighted by molar-refractivity contribution is 9.10. The molecule has 0 saturated heterocycles. The van der Waals surface area contributed by atoms with Crippen molar-refractivity contribution in [1.29, 1.82) is 5.26 Å². The zero-order chi connectivity index (χ0) is 13.9. The Morgan fingerprint density at radius 1 is 1.26 bits per heavy atom. The van der Waals surface area contributed by atoms with Gasteiger partial charge < -0.3 is 0 Å². The number of allylic oxidation sites excluding steroid dienone is 1. The minimum Gasteiger partial charge on any atom is -0.218 e. The fraction of sp³-hybridized carbons (Fsp3) is 0. The number of halogens is 1. The first-order valence-corrected chi connectivity index (χ1v) is 8.35. The van der Waals surface area contributed by atoms with E-state index in [2.05, 4.69) is 15.9 Å². The van der Waals surface area contributed by atoms with E-state index in [-0.39, 0.29) is 9.80 Å². The number of sulfone groups is 1. The molecule has 3 nitrogen and oxygen atoms in total. The Balaban J connectivity index is 2.49. The third-order valence-corrected chi connectivity index (χ3v) is 5.37. The van der Waals surface area contributed by atoms with Crippen molar-refractivity contribution in [3.8, 4) is 6.07 Å². The maximum absolute atomic E-state index is 12.3. The molecule has 0 saturated carbocycles. The lowest BCUT2D eigenvalue weighted by Crippen LogP contribution is -2.03. The third-order valence-electron chi connectivity index (χ3n) is 2.34. The molecule has 0 aliphatic carbocycles. The predicted octanol–water partition coefficient (Wildman–Crippen LogP) is 3.85. The molecule has 0 aliphatic heterocycles. The first kappa shape index (κ1) is 14.0. The van der Waals surface area contributed by atoms with Crippen LogP contribution in [0.3, 0.4) is 0 Å². The Bertz CT molecular complexity index is 739. The van der Waals surface area contributed by atoms with E-state index in [9.17, 15) is 8.42 Å². The van der Waals surface area contributed by atoms with Crippen molar-refractivity contribution >= 4 is 43.2 Å². The minimum atomic E-state index is -3.76. The Kier molecular flexibility index (Phi) is 4.20. The summed E-state index contributed by atoms with van der Waals surface area (Å²) in [5.41, 5.74) is 0. The van der Waals surface area contributed by atoms with Gasteiger partial charge in [-0.2, -0.15) is 5.26 Å². The smallest absolute Gasteiger partial charge is 0.216 e. The van der Waals surface area contributed by atoms with E-state index in [0.717, 1.165) is 9.35 Å². The number of nitrogens with zero attached hydrogens (tertiary/aromatic N) is 1. The molecule has 19 heavy (non-hydrogen) atoms. The second-order valence-corrected chi connectivity index (χ2v) is 7.41. The van der Waals surface area contributed by atoms with Gasteiger partial charge >= 0.3 is 0 Å². The summed E-state index contributed by atoms with van der Waals surface area (Å²) in [6.45, 7) is 0. The molecule has 0 bridgehead atoms. The molecule has 0 atom stereocenters. The summed E-state index contributed by atoms with van der Waals surface area (Å²) >= 11 is 4.62. The van der Waals surface area contributed by atoms with Crippen molar-refractivity contribution in [3.05, 3.63) is 56.0 Å². The quantitative estimate of drug-likeness (QED) is 0.787. The normalized spacial score (nSPS) is 12.1. The maximum Gasteiger partial charge on any atom is 0.216 e. The SMILES string of the molecule is N#C/C(=C\c1cccs1)S(=O)(=O)c1ccc(Br)cc1. The number of thiophene rings is 1. The van der Waals surface area contributed by atoms with Gasteiger partial charge in [-0.1, -0.05) is 22.0 Å². The standard InChI is InChI=1S/C13H8BrNO2S2/c14-10-3-5-12(6-4-10)19(16,17)13(9-15)8-11-2-1-7-18-11/h1-8H/b13-8+. The zero-order valence-electron chi connectivity index (χ0n) is 9.58. The summed E-state index contributed by atoms with van der Waals surface area (Å²) in [5.74, 6) is 0. The van der Waals surface area contributed by atoms with E-state index in [1.807, 2.05) is 5.38 Å². The topological polar surface area (TPSA) is 57.9 Å². The number of hydrogen-bond donors (Lipinski definition) is 0. The second kappa shape index (κ2) is 5.70. The molecule has 0 radical (unpaired) electrons. The molecule has 1 aromatic heterocycles. The van der Waals surface area contributed by atoms with Gasteiger partial charge in [-0.3, -0.25) is 0 Å². The van der Waals surface area contributed by atoms with Crippen molar-refractivity contribution in [2.24, 2.45) is 0 Å². The average molecular weight is 354 g/mol. The van der Waals surface area contributed by atoms with Gasteiger partial charge in [0.2, 0.25) is 9.84 Å². The van der Waals surface area contributed by atoms with Crippen LogP contribution < -0.4 is 0 Å². The molecule has 2 rings (SSSR count). The highest BCUT2D eigenvalue weighted by Crippen LogP contribution is 2.24. The van der Waals surface area contributed by atoms with Crippen molar-refractivity contribution in [3.63, 3.8) is 0 Å². The molecule has 6 heteroatoms. The second-order valence-electron chi connectivity index (χ2n) is 3.59. The Morgan fingerprint density at radius 2 is 1.95 bits per heavy atom. The number of nitriles is 1. The fourth-order valence-electron chi connectivity index (χ4n) is 1.41. The largest absolute Gasteiger partial charge is 0.218 e. The van der Waals surface area contributed by atoms with Crippen LogP contribution >= 0.6 is 27.3 Å². The van der Waals surface area contributed by atoms with Gasteiger partial charge in [0, 0.05) is 9.35 Å². The van der Waals surface area contributed by atoms with Crippen LogP contribution in [0.25, 0.3) is 6.08 Å². The van der Waals surface area contributed by atoms with Crippen LogP contribution in [0.1, 0.15) is 4.88 Å². The van der Waals surface area contributed by atoms with Crippen LogP contribution in [0, 0.1) is 11.3 Å². The lowest BCUT2D eigenvalue weighted by Gasteiger charge is -2.02. The molecule has 0 aliphatic rings. The Morgan fingerprint density at radius 3 is 2.47 bits per heavy atom. The predicted molar refractivity (Wildman–Crippen MR) is 79.2 cm³/mol. The number of benzene rings is 1. The number of rotatable bonds is 3. The van der Waals surface area contributed by atoms with E-state index in [1.54, 1.807) is 30.3 Å². The fourth-order valence-corrected chi connectivity index (χ4v) is 3.56. The van der Waals surface area contributed by atoms with Crippen molar-refractivity contribution in [2.45, 2.75) is 4.90 Å². The number of hydrogen-bond acceptors (Lipinski definition) is 4. The molecular formula is C13H8BrNO2S2. The molecule has 0 fully saturated rings. The van der Waals surface area contributed by atoms with Gasteiger partial charge in [-0.15, -0.1) is 11.3 Å². The molecule has 0 N–H and O–H groups in total. The summed E-state index contributed by atoms with van der Waals surface area (Å²) in [6, 6.07) is 11.5. The summed E-state index contributed by atoms with van der Waals surface area (Å²) in [6.07, 6.45) is 1.39. The highest BCUT2D eigenvalue weighted by atomic mass is 79.9.